The largest absolute Gasteiger partial charge is 0.423 e. The molecule has 0 aliphatic carbocycles. The van der Waals surface area contributed by atoms with Gasteiger partial charge in [-0.1, -0.05) is 0 Å². The molecule has 0 aromatic heterocycles. The van der Waals surface area contributed by atoms with Crippen LogP contribution in [0.15, 0.2) is 18.2 Å². The maximum absolute atomic E-state index is 12.7. The van der Waals surface area contributed by atoms with Crippen molar-refractivity contribution in [2.24, 2.45) is 0 Å². The molecule has 0 spiro atoms. The molecular weight excluding hydrogens is 281 g/mol. The van der Waals surface area contributed by atoms with E-state index in [0.717, 1.165) is 6.07 Å². The highest BCUT2D eigenvalue weighted by Crippen LogP contribution is 2.37. The molecule has 0 saturated heterocycles. The minimum Gasteiger partial charge on any atom is -0.394 e. The van der Waals surface area contributed by atoms with Crippen molar-refractivity contribution in [1.29, 1.82) is 0 Å². The minimum absolute atomic E-state index is 0.107. The zero-order valence-electron chi connectivity index (χ0n) is 10.3. The molecule has 0 unspecified atom stereocenters. The number of aliphatic hydroxyl groups excluding tert-OH is 1. The van der Waals surface area contributed by atoms with E-state index in [1.807, 2.05) is 0 Å². The summed E-state index contributed by atoms with van der Waals surface area (Å²) >= 11 is 0. The molecule has 1 rings (SSSR count). The predicted molar refractivity (Wildman–Crippen MR) is 64.5 cm³/mol. The Morgan fingerprint density at radius 2 is 2.05 bits per heavy atom. The Morgan fingerprint density at radius 1 is 1.35 bits per heavy atom. The molecule has 2 N–H and O–H groups in total. The van der Waals surface area contributed by atoms with Gasteiger partial charge in [-0.2, -0.15) is 13.2 Å². The molecular formula is C11H13F3N2O4. The van der Waals surface area contributed by atoms with Crippen LogP contribution in [0.3, 0.4) is 0 Å². The summed E-state index contributed by atoms with van der Waals surface area (Å²) < 4.78 is 43.0. The summed E-state index contributed by atoms with van der Waals surface area (Å²) in [6.45, 7) is 0.402. The Hall–Kier alpha value is -1.87. The topological polar surface area (TPSA) is 84.6 Å². The molecule has 0 fully saturated rings. The number of nitro groups is 1. The first-order chi connectivity index (χ1) is 9.36. The van der Waals surface area contributed by atoms with E-state index in [0.29, 0.717) is 6.07 Å². The number of nitro benzene ring substituents is 1. The van der Waals surface area contributed by atoms with Crippen LogP contribution in [0.1, 0.15) is 5.56 Å². The van der Waals surface area contributed by atoms with Crippen molar-refractivity contribution in [1.82, 2.24) is 0 Å². The van der Waals surface area contributed by atoms with E-state index in [1.165, 1.54) is 6.07 Å². The van der Waals surface area contributed by atoms with Crippen molar-refractivity contribution in [3.63, 3.8) is 0 Å². The number of hydrogen-bond acceptors (Lipinski definition) is 5. The lowest BCUT2D eigenvalue weighted by molar-refractivity contribution is -0.388. The van der Waals surface area contributed by atoms with E-state index >= 15 is 0 Å². The maximum Gasteiger partial charge on any atom is 0.423 e. The van der Waals surface area contributed by atoms with Gasteiger partial charge < -0.3 is 15.2 Å². The fraction of sp³-hybridized carbons (Fsp3) is 0.455. The molecule has 0 atom stereocenters. The fourth-order valence-corrected chi connectivity index (χ4v) is 1.47. The second kappa shape index (κ2) is 7.06. The van der Waals surface area contributed by atoms with Crippen LogP contribution in [0.4, 0.5) is 24.5 Å². The average molecular weight is 294 g/mol. The Balaban J connectivity index is 2.77. The first-order valence-corrected chi connectivity index (χ1v) is 5.64. The molecule has 20 heavy (non-hydrogen) atoms. The molecule has 0 bridgehead atoms. The van der Waals surface area contributed by atoms with Gasteiger partial charge in [0.15, 0.2) is 0 Å². The minimum atomic E-state index is -4.80. The summed E-state index contributed by atoms with van der Waals surface area (Å²) in [5, 5.41) is 21.7. The standard InChI is InChI=1S/C11H13F3N2O4/c12-11(13,14)9-7-8(1-2-10(9)16(18)19)15-3-5-20-6-4-17/h1-2,7,15,17H,3-6H2. The zero-order valence-corrected chi connectivity index (χ0v) is 10.3. The van der Waals surface area contributed by atoms with E-state index in [9.17, 15) is 23.3 Å². The normalized spacial score (nSPS) is 11.4. The maximum atomic E-state index is 12.7. The van der Waals surface area contributed by atoms with Crippen molar-refractivity contribution in [2.75, 3.05) is 31.7 Å². The number of nitrogens with one attached hydrogen (secondary N) is 1. The highest BCUT2D eigenvalue weighted by molar-refractivity contribution is 5.55. The highest BCUT2D eigenvalue weighted by atomic mass is 19.4. The molecule has 0 aliphatic heterocycles. The van der Waals surface area contributed by atoms with Gasteiger partial charge in [-0.05, 0) is 12.1 Å². The summed E-state index contributed by atoms with van der Waals surface area (Å²) in [5.74, 6) is 0. The number of ether oxygens (including phenoxy) is 1. The van der Waals surface area contributed by atoms with Crippen LogP contribution in [0, 0.1) is 10.1 Å². The van der Waals surface area contributed by atoms with Gasteiger partial charge in [0.05, 0.1) is 24.7 Å². The van der Waals surface area contributed by atoms with Gasteiger partial charge in [-0.3, -0.25) is 10.1 Å². The first kappa shape index (κ1) is 16.2. The van der Waals surface area contributed by atoms with Crippen molar-refractivity contribution >= 4 is 11.4 Å². The lowest BCUT2D eigenvalue weighted by Gasteiger charge is -2.11. The number of alkyl halides is 3. The lowest BCUT2D eigenvalue weighted by atomic mass is 10.1. The summed E-state index contributed by atoms with van der Waals surface area (Å²) in [5.41, 5.74) is -2.18. The Labute approximate surface area is 112 Å². The Morgan fingerprint density at radius 3 is 2.60 bits per heavy atom. The number of benzene rings is 1. The zero-order chi connectivity index (χ0) is 15.2. The smallest absolute Gasteiger partial charge is 0.394 e. The molecule has 1 aromatic carbocycles. The average Bonchev–Trinajstić information content (AvgIpc) is 2.37. The number of nitrogens with zero attached hydrogens (tertiary/aromatic N) is 1. The van der Waals surface area contributed by atoms with Crippen molar-refractivity contribution in [2.45, 2.75) is 6.18 Å². The van der Waals surface area contributed by atoms with Crippen molar-refractivity contribution < 1.29 is 27.9 Å². The van der Waals surface area contributed by atoms with Crippen LogP contribution < -0.4 is 5.32 Å². The number of rotatable bonds is 7. The summed E-state index contributed by atoms with van der Waals surface area (Å²) in [6, 6.07) is 2.68. The first-order valence-electron chi connectivity index (χ1n) is 5.64. The lowest BCUT2D eigenvalue weighted by Crippen LogP contribution is -2.13. The third-order valence-corrected chi connectivity index (χ3v) is 2.31. The third-order valence-electron chi connectivity index (χ3n) is 2.31. The van der Waals surface area contributed by atoms with Gasteiger partial charge in [0, 0.05) is 18.3 Å². The van der Waals surface area contributed by atoms with E-state index in [2.05, 4.69) is 5.32 Å². The molecule has 0 aliphatic rings. The van der Waals surface area contributed by atoms with Gasteiger partial charge >= 0.3 is 6.18 Å². The molecule has 0 amide bonds. The van der Waals surface area contributed by atoms with E-state index in [-0.39, 0.29) is 32.1 Å². The fourth-order valence-electron chi connectivity index (χ4n) is 1.47. The van der Waals surface area contributed by atoms with Gasteiger partial charge in [-0.15, -0.1) is 0 Å². The van der Waals surface area contributed by atoms with Crippen LogP contribution in [0.5, 0.6) is 0 Å². The van der Waals surface area contributed by atoms with E-state index in [4.69, 9.17) is 9.84 Å². The summed E-state index contributed by atoms with van der Waals surface area (Å²) in [4.78, 5) is 9.48. The number of halogens is 3. The van der Waals surface area contributed by atoms with Crippen LogP contribution in [-0.2, 0) is 10.9 Å². The Kier molecular flexibility index (Phi) is 5.71. The van der Waals surface area contributed by atoms with E-state index < -0.39 is 22.4 Å². The molecule has 0 radical (unpaired) electrons. The summed E-state index contributed by atoms with van der Waals surface area (Å²) in [7, 11) is 0. The molecule has 112 valence electrons. The molecule has 9 heteroatoms. The SMILES string of the molecule is O=[N+]([O-])c1ccc(NCCOCCO)cc1C(F)(F)F. The second-order valence-corrected chi connectivity index (χ2v) is 3.75. The highest BCUT2D eigenvalue weighted by Gasteiger charge is 2.38. The van der Waals surface area contributed by atoms with Gasteiger partial charge in [0.1, 0.15) is 5.56 Å². The number of hydrogen-bond donors (Lipinski definition) is 2. The van der Waals surface area contributed by atoms with Crippen molar-refractivity contribution in [3.8, 4) is 0 Å². The third kappa shape index (κ3) is 4.67. The van der Waals surface area contributed by atoms with Crippen molar-refractivity contribution in [3.05, 3.63) is 33.9 Å². The van der Waals surface area contributed by atoms with E-state index in [1.54, 1.807) is 0 Å². The number of anilines is 1. The van der Waals surface area contributed by atoms with Crippen LogP contribution in [0.2, 0.25) is 0 Å². The van der Waals surface area contributed by atoms with Crippen LogP contribution >= 0.6 is 0 Å². The molecule has 1 aromatic rings. The van der Waals surface area contributed by atoms with Gasteiger partial charge in [0.2, 0.25) is 0 Å². The van der Waals surface area contributed by atoms with Crippen LogP contribution in [-0.4, -0.2) is 36.4 Å². The monoisotopic (exact) mass is 294 g/mol. The quantitative estimate of drug-likeness (QED) is 0.456. The summed E-state index contributed by atoms with van der Waals surface area (Å²) in [6.07, 6.45) is -4.80. The molecule has 0 heterocycles. The van der Waals surface area contributed by atoms with Gasteiger partial charge in [0.25, 0.3) is 5.69 Å². The molecule has 0 saturated carbocycles. The Bertz CT molecular complexity index is 465. The molecule has 6 nitrogen and oxygen atoms in total. The number of aliphatic hydroxyl groups is 1. The van der Waals surface area contributed by atoms with Crippen LogP contribution in [0.25, 0.3) is 0 Å². The second-order valence-electron chi connectivity index (χ2n) is 3.75. The predicted octanol–water partition coefficient (Wildman–Crippen LogP) is 2.03. The van der Waals surface area contributed by atoms with Gasteiger partial charge in [-0.25, -0.2) is 0 Å².